The first-order chi connectivity index (χ1) is 12.0. The van der Waals surface area contributed by atoms with Crippen LogP contribution in [-0.4, -0.2) is 17.8 Å². The molecule has 1 fully saturated rings. The maximum Gasteiger partial charge on any atom is 0.0571 e. The molecule has 0 aliphatic heterocycles. The van der Waals surface area contributed by atoms with Crippen molar-refractivity contribution in [3.63, 3.8) is 0 Å². The van der Waals surface area contributed by atoms with Crippen molar-refractivity contribution < 1.29 is 5.11 Å². The Morgan fingerprint density at radius 3 is 2.76 bits per heavy atom. The van der Waals surface area contributed by atoms with Crippen LogP contribution in [0.1, 0.15) is 52.5 Å². The lowest BCUT2D eigenvalue weighted by molar-refractivity contribution is 0.0980. The number of hydrogen-bond donors (Lipinski definition) is 2. The highest BCUT2D eigenvalue weighted by atomic mass is 16.3. The molecule has 3 unspecified atom stereocenters. The summed E-state index contributed by atoms with van der Waals surface area (Å²) < 4.78 is 0. The van der Waals surface area contributed by atoms with Gasteiger partial charge in [-0.05, 0) is 62.3 Å². The zero-order valence-electron chi connectivity index (χ0n) is 16.2. The Bertz CT molecular complexity index is 656. The molecule has 0 radical (unpaired) electrons. The summed E-state index contributed by atoms with van der Waals surface area (Å²) in [5.41, 5.74) is 4.79. The Morgan fingerprint density at radius 1 is 1.44 bits per heavy atom. The molecule has 3 atom stereocenters. The van der Waals surface area contributed by atoms with E-state index in [0.717, 1.165) is 37.1 Å². The molecule has 0 spiro atoms. The largest absolute Gasteiger partial charge is 0.393 e. The van der Waals surface area contributed by atoms with Gasteiger partial charge in [-0.3, -0.25) is 0 Å². The Labute approximate surface area is 153 Å². The van der Waals surface area contributed by atoms with Crippen LogP contribution in [0.5, 0.6) is 0 Å². The van der Waals surface area contributed by atoms with Crippen LogP contribution in [0.25, 0.3) is 5.57 Å². The molecule has 0 aromatic heterocycles. The van der Waals surface area contributed by atoms with E-state index in [0.29, 0.717) is 5.92 Å². The predicted octanol–water partition coefficient (Wildman–Crippen LogP) is 5.82. The van der Waals surface area contributed by atoms with E-state index in [9.17, 15) is 5.11 Å². The molecule has 0 bridgehead atoms. The normalized spacial score (nSPS) is 24.4. The average molecular weight is 340 g/mol. The molecule has 0 heterocycles. The number of rotatable bonds is 9. The molecule has 2 rings (SSSR count). The summed E-state index contributed by atoms with van der Waals surface area (Å²) >= 11 is 0. The number of nitrogens with one attached hydrogen (secondary N) is 1. The molecule has 136 valence electrons. The van der Waals surface area contributed by atoms with E-state index in [1.54, 1.807) is 0 Å². The summed E-state index contributed by atoms with van der Waals surface area (Å²) in [6.07, 6.45) is 9.26. The first-order valence-corrected chi connectivity index (χ1v) is 9.51. The van der Waals surface area contributed by atoms with E-state index in [1.165, 1.54) is 11.1 Å². The molecule has 1 aromatic rings. The maximum absolute atomic E-state index is 10.0. The minimum atomic E-state index is -0.222. The van der Waals surface area contributed by atoms with Crippen LogP contribution in [0.4, 0.5) is 5.69 Å². The lowest BCUT2D eigenvalue weighted by atomic mass is 9.94. The molecule has 0 amide bonds. The number of aliphatic hydroxyl groups excluding tert-OH is 1. The van der Waals surface area contributed by atoms with Crippen molar-refractivity contribution in [3.05, 3.63) is 60.2 Å². The molecule has 2 N–H and O–H groups in total. The second kappa shape index (κ2) is 8.53. The van der Waals surface area contributed by atoms with Gasteiger partial charge < -0.3 is 10.4 Å². The van der Waals surface area contributed by atoms with E-state index < -0.39 is 0 Å². The van der Waals surface area contributed by atoms with Crippen LogP contribution in [0, 0.1) is 11.3 Å². The highest BCUT2D eigenvalue weighted by Gasteiger charge is 2.55. The Kier molecular flexibility index (Phi) is 6.66. The van der Waals surface area contributed by atoms with Crippen LogP contribution >= 0.6 is 0 Å². The van der Waals surface area contributed by atoms with Gasteiger partial charge in [-0.25, -0.2) is 0 Å². The van der Waals surface area contributed by atoms with E-state index >= 15 is 0 Å². The monoisotopic (exact) mass is 339 g/mol. The summed E-state index contributed by atoms with van der Waals surface area (Å²) in [5.74, 6) is 0.562. The van der Waals surface area contributed by atoms with Crippen molar-refractivity contribution in [3.8, 4) is 0 Å². The molecule has 1 saturated carbocycles. The van der Waals surface area contributed by atoms with Gasteiger partial charge in [-0.15, -0.1) is 0 Å². The fraction of sp³-hybridized carbons (Fsp3) is 0.478. The molecule has 25 heavy (non-hydrogen) atoms. The van der Waals surface area contributed by atoms with Gasteiger partial charge in [0.25, 0.3) is 0 Å². The van der Waals surface area contributed by atoms with Gasteiger partial charge in [0.2, 0.25) is 0 Å². The smallest absolute Gasteiger partial charge is 0.0571 e. The number of benzene rings is 1. The summed E-state index contributed by atoms with van der Waals surface area (Å²) in [7, 11) is 0. The van der Waals surface area contributed by atoms with E-state index in [2.05, 4.69) is 68.2 Å². The summed E-state index contributed by atoms with van der Waals surface area (Å²) in [6, 6.07) is 8.55. The fourth-order valence-electron chi connectivity index (χ4n) is 3.69. The third-order valence-corrected chi connectivity index (χ3v) is 5.68. The zero-order valence-corrected chi connectivity index (χ0v) is 16.2. The molecule has 2 nitrogen and oxygen atoms in total. The number of allylic oxidation sites excluding steroid dienone is 5. The van der Waals surface area contributed by atoms with Gasteiger partial charge >= 0.3 is 0 Å². The zero-order chi connectivity index (χ0) is 18.4. The van der Waals surface area contributed by atoms with Crippen LogP contribution in [0.3, 0.4) is 0 Å². The number of hydrogen-bond acceptors (Lipinski definition) is 2. The molecular formula is C23H33NO. The fourth-order valence-corrected chi connectivity index (χ4v) is 3.69. The van der Waals surface area contributed by atoms with Gasteiger partial charge in [0.15, 0.2) is 0 Å². The Hall–Kier alpha value is -1.80. The number of anilines is 1. The standard InChI is InChI=1S/C23H33NO/c1-6-10-19(13-17(4)7-2)20-11-9-12-22(14-20)24-16-21-15-23(21,8-3)18(5)25/h6,9-14,18,21,24-25H,4,7-8,15-16H2,1-3,5H3/b10-6-,19-13+. The molecule has 0 saturated heterocycles. The number of aliphatic hydroxyl groups is 1. The highest BCUT2D eigenvalue weighted by molar-refractivity contribution is 5.77. The lowest BCUT2D eigenvalue weighted by Crippen LogP contribution is -2.22. The van der Waals surface area contributed by atoms with Crippen LogP contribution < -0.4 is 5.32 Å². The first-order valence-electron chi connectivity index (χ1n) is 9.51. The third kappa shape index (κ3) is 4.64. The van der Waals surface area contributed by atoms with Gasteiger partial charge in [-0.1, -0.05) is 56.4 Å². The predicted molar refractivity (Wildman–Crippen MR) is 110 cm³/mol. The minimum Gasteiger partial charge on any atom is -0.393 e. The van der Waals surface area contributed by atoms with Crippen molar-refractivity contribution in [2.24, 2.45) is 11.3 Å². The van der Waals surface area contributed by atoms with E-state index in [4.69, 9.17) is 0 Å². The SMILES string of the molecule is C=C(/C=C(\C=C/C)c1cccc(NCC2CC2(CC)C(C)O)c1)CC. The third-order valence-electron chi connectivity index (χ3n) is 5.68. The molecule has 1 aliphatic carbocycles. The lowest BCUT2D eigenvalue weighted by Gasteiger charge is -2.19. The topological polar surface area (TPSA) is 32.3 Å². The minimum absolute atomic E-state index is 0.124. The van der Waals surface area contributed by atoms with Crippen LogP contribution in [-0.2, 0) is 0 Å². The van der Waals surface area contributed by atoms with Crippen LogP contribution in [0.2, 0.25) is 0 Å². The van der Waals surface area contributed by atoms with Gasteiger partial charge in [0.05, 0.1) is 6.10 Å². The van der Waals surface area contributed by atoms with Crippen LogP contribution in [0.15, 0.2) is 54.6 Å². The molecule has 2 heteroatoms. The van der Waals surface area contributed by atoms with Crippen molar-refractivity contribution in [1.29, 1.82) is 0 Å². The quantitative estimate of drug-likeness (QED) is 0.555. The van der Waals surface area contributed by atoms with Gasteiger partial charge in [0.1, 0.15) is 0 Å². The molecule has 1 aliphatic rings. The molecular weight excluding hydrogens is 306 g/mol. The van der Waals surface area contributed by atoms with Crippen molar-refractivity contribution >= 4 is 11.3 Å². The Balaban J connectivity index is 2.08. The maximum atomic E-state index is 10.0. The van der Waals surface area contributed by atoms with Gasteiger partial charge in [-0.2, -0.15) is 0 Å². The summed E-state index contributed by atoms with van der Waals surface area (Å²) in [5, 5.41) is 13.6. The summed E-state index contributed by atoms with van der Waals surface area (Å²) in [4.78, 5) is 0. The van der Waals surface area contributed by atoms with Crippen molar-refractivity contribution in [2.75, 3.05) is 11.9 Å². The molecule has 1 aromatic carbocycles. The van der Waals surface area contributed by atoms with Gasteiger partial charge in [0, 0.05) is 17.6 Å². The van der Waals surface area contributed by atoms with Crippen molar-refractivity contribution in [1.82, 2.24) is 0 Å². The van der Waals surface area contributed by atoms with Crippen molar-refractivity contribution in [2.45, 2.75) is 53.1 Å². The van der Waals surface area contributed by atoms with E-state index in [1.807, 2.05) is 13.8 Å². The highest BCUT2D eigenvalue weighted by Crippen LogP contribution is 2.57. The average Bonchev–Trinajstić information content (AvgIpc) is 3.35. The van der Waals surface area contributed by atoms with E-state index in [-0.39, 0.29) is 11.5 Å². The second-order valence-corrected chi connectivity index (χ2v) is 7.24. The summed E-state index contributed by atoms with van der Waals surface area (Å²) in [6.45, 7) is 13.3. The first kappa shape index (κ1) is 19.5. The second-order valence-electron chi connectivity index (χ2n) is 7.24. The Morgan fingerprint density at radius 2 is 2.20 bits per heavy atom.